The van der Waals surface area contributed by atoms with Gasteiger partial charge in [0.25, 0.3) is 0 Å². The summed E-state index contributed by atoms with van der Waals surface area (Å²) in [5.74, 6) is -0.718. The van der Waals surface area contributed by atoms with Crippen molar-refractivity contribution >= 4 is 17.0 Å². The predicted molar refractivity (Wildman–Crippen MR) is 66.7 cm³/mol. The van der Waals surface area contributed by atoms with Crippen LogP contribution in [0.3, 0.4) is 0 Å². The summed E-state index contributed by atoms with van der Waals surface area (Å²) in [4.78, 5) is 15.4. The molecular weight excluding hydrogens is 273 g/mol. The Morgan fingerprint density at radius 2 is 2.10 bits per heavy atom. The highest BCUT2D eigenvalue weighted by molar-refractivity contribution is 6.01. The van der Waals surface area contributed by atoms with Crippen molar-refractivity contribution in [3.8, 4) is 0 Å². The van der Waals surface area contributed by atoms with E-state index < -0.39 is 18.6 Å². The first kappa shape index (κ1) is 14.4. The monoisotopic (exact) mass is 286 g/mol. The molecule has 4 nitrogen and oxygen atoms in total. The molecule has 1 aromatic heterocycles. The van der Waals surface area contributed by atoms with Gasteiger partial charge in [-0.05, 0) is 12.1 Å². The van der Waals surface area contributed by atoms with E-state index in [4.69, 9.17) is 5.11 Å². The van der Waals surface area contributed by atoms with Crippen molar-refractivity contribution in [2.24, 2.45) is 0 Å². The van der Waals surface area contributed by atoms with Crippen molar-refractivity contribution < 1.29 is 23.1 Å². The number of para-hydroxylation sites is 1. The molecule has 0 aliphatic carbocycles. The van der Waals surface area contributed by atoms with Crippen molar-refractivity contribution in [1.29, 1.82) is 0 Å². The fraction of sp³-hybridized carbons (Fsp3) is 0.385. The maximum Gasteiger partial charge on any atom is 0.390 e. The summed E-state index contributed by atoms with van der Waals surface area (Å²) < 4.78 is 38.5. The van der Waals surface area contributed by atoms with Crippen LogP contribution >= 0.6 is 0 Å². The van der Waals surface area contributed by atoms with E-state index in [1.165, 1.54) is 16.7 Å². The smallest absolute Gasteiger partial charge is 0.390 e. The summed E-state index contributed by atoms with van der Waals surface area (Å²) in [5.41, 5.74) is 0.627. The van der Waals surface area contributed by atoms with Crippen molar-refractivity contribution in [3.05, 3.63) is 29.6 Å². The van der Waals surface area contributed by atoms with Crippen LogP contribution in [0.1, 0.15) is 29.5 Å². The quantitative estimate of drug-likeness (QED) is 0.938. The third-order valence-corrected chi connectivity index (χ3v) is 3.01. The van der Waals surface area contributed by atoms with E-state index in [2.05, 4.69) is 4.98 Å². The van der Waals surface area contributed by atoms with E-state index >= 15 is 0 Å². The lowest BCUT2D eigenvalue weighted by Gasteiger charge is -2.11. The number of imidazole rings is 1. The second-order valence-corrected chi connectivity index (χ2v) is 4.38. The number of aromatic carboxylic acids is 1. The van der Waals surface area contributed by atoms with Crippen LogP contribution in [-0.4, -0.2) is 26.8 Å². The van der Waals surface area contributed by atoms with Gasteiger partial charge in [0.2, 0.25) is 0 Å². The number of carboxylic acid groups (broad SMARTS) is 1. The number of aryl methyl sites for hydroxylation is 2. The van der Waals surface area contributed by atoms with Crippen LogP contribution in [0.4, 0.5) is 13.2 Å². The highest BCUT2D eigenvalue weighted by atomic mass is 19.4. The highest BCUT2D eigenvalue weighted by Gasteiger charge is 2.28. The van der Waals surface area contributed by atoms with E-state index in [1.807, 2.05) is 0 Å². The van der Waals surface area contributed by atoms with Crippen molar-refractivity contribution in [3.63, 3.8) is 0 Å². The Balaban J connectivity index is 2.57. The third-order valence-electron chi connectivity index (χ3n) is 3.01. The lowest BCUT2D eigenvalue weighted by molar-refractivity contribution is -0.136. The van der Waals surface area contributed by atoms with Gasteiger partial charge in [0.1, 0.15) is 5.82 Å². The molecule has 0 spiro atoms. The van der Waals surface area contributed by atoms with Gasteiger partial charge in [-0.15, -0.1) is 0 Å². The molecule has 0 amide bonds. The molecule has 0 unspecified atom stereocenters. The van der Waals surface area contributed by atoms with E-state index in [1.54, 1.807) is 13.0 Å². The Kier molecular flexibility index (Phi) is 3.69. The maximum absolute atomic E-state index is 12.4. The number of hydrogen-bond acceptors (Lipinski definition) is 2. The van der Waals surface area contributed by atoms with Crippen LogP contribution in [-0.2, 0) is 13.0 Å². The molecule has 108 valence electrons. The Hall–Kier alpha value is -2.05. The van der Waals surface area contributed by atoms with E-state index in [9.17, 15) is 18.0 Å². The number of aromatic nitrogens is 2. The lowest BCUT2D eigenvalue weighted by Crippen LogP contribution is -2.14. The summed E-state index contributed by atoms with van der Waals surface area (Å²) in [7, 11) is 0. The summed E-state index contributed by atoms with van der Waals surface area (Å²) in [5, 5.41) is 9.15. The zero-order chi connectivity index (χ0) is 14.9. The predicted octanol–water partition coefficient (Wildman–Crippen LogP) is 3.25. The molecule has 0 bridgehead atoms. The van der Waals surface area contributed by atoms with Crippen molar-refractivity contribution in [2.75, 3.05) is 0 Å². The van der Waals surface area contributed by atoms with Gasteiger partial charge in [-0.2, -0.15) is 13.2 Å². The number of carboxylic acids is 1. The molecule has 0 fully saturated rings. The standard InChI is InChI=1S/C13H13F3N2O2/c1-2-10-17-9-5-3-4-8(12(19)20)11(9)18(10)7-6-13(14,15)16/h3-5H,2,6-7H2,1H3,(H,19,20). The molecular formula is C13H13F3N2O2. The maximum atomic E-state index is 12.4. The molecule has 0 saturated heterocycles. The van der Waals surface area contributed by atoms with E-state index in [-0.39, 0.29) is 17.6 Å². The second-order valence-electron chi connectivity index (χ2n) is 4.38. The molecule has 1 aromatic carbocycles. The first-order valence-electron chi connectivity index (χ1n) is 6.11. The average Bonchev–Trinajstić information content (AvgIpc) is 2.72. The molecule has 2 rings (SSSR count). The molecule has 0 atom stereocenters. The minimum absolute atomic E-state index is 0.0307. The van der Waals surface area contributed by atoms with Crippen LogP contribution < -0.4 is 0 Å². The zero-order valence-electron chi connectivity index (χ0n) is 10.7. The number of hydrogen-bond donors (Lipinski definition) is 1. The van der Waals surface area contributed by atoms with E-state index in [0.29, 0.717) is 17.8 Å². The van der Waals surface area contributed by atoms with Crippen LogP contribution in [0.5, 0.6) is 0 Å². The van der Waals surface area contributed by atoms with Gasteiger partial charge in [0.05, 0.1) is 23.0 Å². The molecule has 1 N–H and O–H groups in total. The number of alkyl halides is 3. The summed E-state index contributed by atoms with van der Waals surface area (Å²) >= 11 is 0. The van der Waals surface area contributed by atoms with E-state index in [0.717, 1.165) is 0 Å². The Labute approximate surface area is 112 Å². The average molecular weight is 286 g/mol. The molecule has 0 aliphatic heterocycles. The van der Waals surface area contributed by atoms with Gasteiger partial charge in [-0.1, -0.05) is 13.0 Å². The Bertz CT molecular complexity index is 647. The van der Waals surface area contributed by atoms with Crippen LogP contribution in [0.25, 0.3) is 11.0 Å². The molecule has 1 heterocycles. The molecule has 7 heteroatoms. The summed E-state index contributed by atoms with van der Waals surface area (Å²) in [6.45, 7) is 1.44. The normalized spacial score (nSPS) is 12.0. The Morgan fingerprint density at radius 1 is 1.40 bits per heavy atom. The molecule has 0 radical (unpaired) electrons. The van der Waals surface area contributed by atoms with Crippen LogP contribution in [0.15, 0.2) is 18.2 Å². The number of benzene rings is 1. The van der Waals surface area contributed by atoms with Crippen molar-refractivity contribution in [2.45, 2.75) is 32.5 Å². The molecule has 0 aliphatic rings. The van der Waals surface area contributed by atoms with Gasteiger partial charge < -0.3 is 9.67 Å². The Morgan fingerprint density at radius 3 is 2.65 bits per heavy atom. The zero-order valence-corrected chi connectivity index (χ0v) is 10.7. The SMILES string of the molecule is CCc1nc2cccc(C(=O)O)c2n1CCC(F)(F)F. The van der Waals surface area contributed by atoms with Crippen LogP contribution in [0, 0.1) is 0 Å². The summed E-state index contributed by atoms with van der Waals surface area (Å²) in [6.07, 6.45) is -4.87. The minimum Gasteiger partial charge on any atom is -0.478 e. The number of rotatable bonds is 4. The second kappa shape index (κ2) is 5.15. The fourth-order valence-corrected chi connectivity index (χ4v) is 2.16. The topological polar surface area (TPSA) is 55.1 Å². The largest absolute Gasteiger partial charge is 0.478 e. The van der Waals surface area contributed by atoms with Gasteiger partial charge in [0, 0.05) is 13.0 Å². The molecule has 0 saturated carbocycles. The molecule has 2 aromatic rings. The first-order valence-corrected chi connectivity index (χ1v) is 6.11. The first-order chi connectivity index (χ1) is 9.33. The van der Waals surface area contributed by atoms with Crippen LogP contribution in [0.2, 0.25) is 0 Å². The molecule has 20 heavy (non-hydrogen) atoms. The fourth-order valence-electron chi connectivity index (χ4n) is 2.16. The summed E-state index contributed by atoms with van der Waals surface area (Å²) in [6, 6.07) is 4.51. The number of halogens is 3. The number of nitrogens with zero attached hydrogens (tertiary/aromatic N) is 2. The van der Waals surface area contributed by atoms with Gasteiger partial charge in [-0.3, -0.25) is 0 Å². The van der Waals surface area contributed by atoms with Crippen molar-refractivity contribution in [1.82, 2.24) is 9.55 Å². The van der Waals surface area contributed by atoms with Gasteiger partial charge in [0.15, 0.2) is 0 Å². The third kappa shape index (κ3) is 2.76. The highest BCUT2D eigenvalue weighted by Crippen LogP contribution is 2.25. The number of fused-ring (bicyclic) bond motifs is 1. The van der Waals surface area contributed by atoms with Gasteiger partial charge >= 0.3 is 12.1 Å². The minimum atomic E-state index is -4.29. The number of carbonyl (C=O) groups is 1. The van der Waals surface area contributed by atoms with Gasteiger partial charge in [-0.25, -0.2) is 9.78 Å². The lowest BCUT2D eigenvalue weighted by atomic mass is 10.2.